The van der Waals surface area contributed by atoms with Crippen LogP contribution >= 0.6 is 11.8 Å². The van der Waals surface area contributed by atoms with E-state index in [1.807, 2.05) is 43.8 Å². The van der Waals surface area contributed by atoms with Gasteiger partial charge in [0.15, 0.2) is 11.5 Å². The second-order valence-electron chi connectivity index (χ2n) is 5.60. The van der Waals surface area contributed by atoms with E-state index in [9.17, 15) is 4.79 Å². The van der Waals surface area contributed by atoms with Crippen molar-refractivity contribution >= 4 is 17.7 Å². The zero-order valence-corrected chi connectivity index (χ0v) is 12.8. The molecule has 0 atom stereocenters. The van der Waals surface area contributed by atoms with Gasteiger partial charge in [0.25, 0.3) is 0 Å². The molecule has 1 fully saturated rings. The Morgan fingerprint density at radius 3 is 2.60 bits per heavy atom. The number of benzene rings is 1. The number of aliphatic carboxylic acids is 1. The highest BCUT2D eigenvalue weighted by Gasteiger charge is 2.26. The van der Waals surface area contributed by atoms with E-state index in [4.69, 9.17) is 14.6 Å². The Labute approximate surface area is 123 Å². The predicted octanol–water partition coefficient (Wildman–Crippen LogP) is 2.94. The van der Waals surface area contributed by atoms with E-state index in [0.717, 1.165) is 22.8 Å². The van der Waals surface area contributed by atoms with Crippen molar-refractivity contribution in [3.63, 3.8) is 0 Å². The smallest absolute Gasteiger partial charge is 0.304 e. The first-order valence-corrected chi connectivity index (χ1v) is 7.72. The van der Waals surface area contributed by atoms with Crippen LogP contribution in [0.2, 0.25) is 0 Å². The molecule has 0 radical (unpaired) electrons. The van der Waals surface area contributed by atoms with E-state index in [2.05, 4.69) is 0 Å². The molecule has 0 bridgehead atoms. The Kier molecular flexibility index (Phi) is 4.48. The molecule has 1 aromatic carbocycles. The first-order valence-electron chi connectivity index (χ1n) is 6.57. The Morgan fingerprint density at radius 2 is 2.10 bits per heavy atom. The molecule has 0 amide bonds. The maximum atomic E-state index is 10.9. The molecule has 0 aromatic heterocycles. The molecule has 20 heavy (non-hydrogen) atoms. The summed E-state index contributed by atoms with van der Waals surface area (Å²) in [6.07, 6.45) is 0.335. The molecule has 0 spiro atoms. The number of hydrogen-bond acceptors (Lipinski definition) is 4. The lowest BCUT2D eigenvalue weighted by Crippen LogP contribution is -2.31. The average Bonchev–Trinajstić information content (AvgIpc) is 2.32. The van der Waals surface area contributed by atoms with Gasteiger partial charge in [0, 0.05) is 16.9 Å². The number of carbonyl (C=O) groups is 1. The van der Waals surface area contributed by atoms with Gasteiger partial charge in [-0.2, -0.15) is 11.8 Å². The fourth-order valence-electron chi connectivity index (χ4n) is 2.13. The normalized spacial score (nSPS) is 15.6. The average molecular weight is 296 g/mol. The molecule has 1 aliphatic rings. The summed E-state index contributed by atoms with van der Waals surface area (Å²) in [6, 6.07) is 5.68. The van der Waals surface area contributed by atoms with Crippen LogP contribution in [0, 0.1) is 0 Å². The van der Waals surface area contributed by atoms with Gasteiger partial charge in [-0.3, -0.25) is 4.79 Å². The van der Waals surface area contributed by atoms with Crippen molar-refractivity contribution in [1.82, 2.24) is 0 Å². The largest absolute Gasteiger partial charge is 0.493 e. The molecule has 0 unspecified atom stereocenters. The molecular formula is C15H20O4S. The lowest BCUT2D eigenvalue weighted by Gasteiger charge is -2.28. The van der Waals surface area contributed by atoms with Gasteiger partial charge < -0.3 is 14.6 Å². The Balaban J connectivity index is 2.21. The minimum atomic E-state index is -0.805. The molecular weight excluding hydrogens is 276 g/mol. The fourth-order valence-corrected chi connectivity index (χ4v) is 2.69. The molecule has 4 nitrogen and oxygen atoms in total. The highest BCUT2D eigenvalue weighted by molar-refractivity contribution is 8.00. The predicted molar refractivity (Wildman–Crippen MR) is 80.0 cm³/mol. The maximum absolute atomic E-state index is 10.9. The molecule has 1 aliphatic heterocycles. The minimum absolute atomic E-state index is 0.0790. The first kappa shape index (κ1) is 15.0. The molecule has 1 aromatic rings. The van der Waals surface area contributed by atoms with E-state index >= 15 is 0 Å². The summed E-state index contributed by atoms with van der Waals surface area (Å²) in [7, 11) is 1.60. The van der Waals surface area contributed by atoms with E-state index in [1.54, 1.807) is 7.11 Å². The van der Waals surface area contributed by atoms with E-state index in [0.29, 0.717) is 5.75 Å². The van der Waals surface area contributed by atoms with Crippen LogP contribution < -0.4 is 9.47 Å². The monoisotopic (exact) mass is 296 g/mol. The number of carboxylic acid groups (broad SMARTS) is 1. The number of hydrogen-bond donors (Lipinski definition) is 1. The van der Waals surface area contributed by atoms with Crippen molar-refractivity contribution in [3.8, 4) is 11.5 Å². The molecule has 0 saturated carbocycles. The number of methoxy groups -OCH3 is 1. The van der Waals surface area contributed by atoms with Crippen LogP contribution in [0.15, 0.2) is 18.2 Å². The summed E-state index contributed by atoms with van der Waals surface area (Å²) in [4.78, 5) is 10.9. The summed E-state index contributed by atoms with van der Waals surface area (Å²) < 4.78 is 11.2. The quantitative estimate of drug-likeness (QED) is 0.874. The summed E-state index contributed by atoms with van der Waals surface area (Å²) >= 11 is 1.86. The Hall–Kier alpha value is -1.36. The van der Waals surface area contributed by atoms with Crippen LogP contribution in [0.25, 0.3) is 0 Å². The summed E-state index contributed by atoms with van der Waals surface area (Å²) in [5, 5.41) is 8.99. The molecule has 110 valence electrons. The molecule has 0 aliphatic carbocycles. The molecule has 1 saturated heterocycles. The highest BCUT2D eigenvalue weighted by Crippen LogP contribution is 2.36. The lowest BCUT2D eigenvalue weighted by atomic mass is 9.81. The van der Waals surface area contributed by atoms with Crippen LogP contribution in [-0.4, -0.2) is 35.8 Å². The summed E-state index contributed by atoms with van der Waals surface area (Å²) in [6.45, 7) is 3.83. The fraction of sp³-hybridized carbons (Fsp3) is 0.533. The van der Waals surface area contributed by atoms with Gasteiger partial charge in [-0.1, -0.05) is 19.9 Å². The second-order valence-corrected chi connectivity index (χ2v) is 6.67. The third-order valence-electron chi connectivity index (χ3n) is 3.44. The Bertz CT molecular complexity index is 495. The van der Waals surface area contributed by atoms with Gasteiger partial charge in [-0.05, 0) is 17.7 Å². The SMILES string of the molecule is COc1cc(C(C)(C)CC(=O)O)ccc1OC1CSC1. The van der Waals surface area contributed by atoms with E-state index < -0.39 is 11.4 Å². The van der Waals surface area contributed by atoms with Gasteiger partial charge in [-0.25, -0.2) is 0 Å². The second kappa shape index (κ2) is 5.95. The maximum Gasteiger partial charge on any atom is 0.304 e. The number of ether oxygens (including phenoxy) is 2. The topological polar surface area (TPSA) is 55.8 Å². The van der Waals surface area contributed by atoms with Crippen molar-refractivity contribution in [1.29, 1.82) is 0 Å². The zero-order chi connectivity index (χ0) is 14.8. The van der Waals surface area contributed by atoms with Gasteiger partial charge in [0.1, 0.15) is 6.10 Å². The molecule has 1 N–H and O–H groups in total. The van der Waals surface area contributed by atoms with E-state index in [1.165, 1.54) is 0 Å². The van der Waals surface area contributed by atoms with Crippen LogP contribution in [0.4, 0.5) is 0 Å². The lowest BCUT2D eigenvalue weighted by molar-refractivity contribution is -0.138. The summed E-state index contributed by atoms with van der Waals surface area (Å²) in [5.74, 6) is 2.61. The Morgan fingerprint density at radius 1 is 1.40 bits per heavy atom. The zero-order valence-electron chi connectivity index (χ0n) is 12.0. The number of thioether (sulfide) groups is 1. The van der Waals surface area contributed by atoms with Crippen LogP contribution in [0.5, 0.6) is 11.5 Å². The molecule has 2 rings (SSSR count). The van der Waals surface area contributed by atoms with Gasteiger partial charge in [-0.15, -0.1) is 0 Å². The van der Waals surface area contributed by atoms with Crippen LogP contribution in [0.1, 0.15) is 25.8 Å². The highest BCUT2D eigenvalue weighted by atomic mass is 32.2. The first-order chi connectivity index (χ1) is 9.42. The number of rotatable bonds is 6. The van der Waals surface area contributed by atoms with Crippen molar-refractivity contribution in [2.75, 3.05) is 18.6 Å². The van der Waals surface area contributed by atoms with Crippen molar-refractivity contribution in [2.24, 2.45) is 0 Å². The van der Waals surface area contributed by atoms with Gasteiger partial charge >= 0.3 is 5.97 Å². The third-order valence-corrected chi connectivity index (χ3v) is 4.65. The minimum Gasteiger partial charge on any atom is -0.493 e. The van der Waals surface area contributed by atoms with Crippen molar-refractivity contribution in [3.05, 3.63) is 23.8 Å². The van der Waals surface area contributed by atoms with Crippen molar-refractivity contribution < 1.29 is 19.4 Å². The number of carboxylic acids is 1. The third kappa shape index (κ3) is 3.39. The summed E-state index contributed by atoms with van der Waals surface area (Å²) in [5.41, 5.74) is 0.497. The van der Waals surface area contributed by atoms with Crippen LogP contribution in [-0.2, 0) is 10.2 Å². The molecule has 1 heterocycles. The van der Waals surface area contributed by atoms with Gasteiger partial charge in [0.2, 0.25) is 0 Å². The van der Waals surface area contributed by atoms with Gasteiger partial charge in [0.05, 0.1) is 13.5 Å². The van der Waals surface area contributed by atoms with Crippen molar-refractivity contribution in [2.45, 2.75) is 31.8 Å². The van der Waals surface area contributed by atoms with E-state index in [-0.39, 0.29) is 12.5 Å². The standard InChI is InChI=1S/C15H20O4S/c1-15(2,7-14(16)17)10-4-5-12(13(6-10)18-3)19-11-8-20-9-11/h4-6,11H,7-9H2,1-3H3,(H,16,17). The van der Waals surface area contributed by atoms with Crippen LogP contribution in [0.3, 0.4) is 0 Å². The molecule has 5 heteroatoms.